The SMILES string of the molecule is CCOC(=O)c1cccc(N=C2SC(=Cc3ccc(OCc4ccc(Cl)cc4)c(Br)c3)C(=O)N2C)c1. The van der Waals surface area contributed by atoms with Crippen LogP contribution in [0.4, 0.5) is 5.69 Å². The first kappa shape index (κ1) is 26.0. The summed E-state index contributed by atoms with van der Waals surface area (Å²) in [7, 11) is 1.67. The second-order valence-electron chi connectivity index (χ2n) is 7.74. The summed E-state index contributed by atoms with van der Waals surface area (Å²) in [6.07, 6.45) is 1.81. The van der Waals surface area contributed by atoms with E-state index in [0.29, 0.717) is 45.3 Å². The van der Waals surface area contributed by atoms with Crippen molar-refractivity contribution in [2.75, 3.05) is 13.7 Å². The number of carbonyl (C=O) groups is 2. The van der Waals surface area contributed by atoms with Crippen LogP contribution in [0.5, 0.6) is 5.75 Å². The van der Waals surface area contributed by atoms with Crippen LogP contribution in [-0.2, 0) is 16.1 Å². The first-order valence-electron chi connectivity index (χ1n) is 11.0. The number of thioether (sulfide) groups is 1. The normalized spacial score (nSPS) is 15.6. The summed E-state index contributed by atoms with van der Waals surface area (Å²) in [4.78, 5) is 31.5. The molecule has 9 heteroatoms. The maximum Gasteiger partial charge on any atom is 0.338 e. The highest BCUT2D eigenvalue weighted by atomic mass is 79.9. The highest BCUT2D eigenvalue weighted by Crippen LogP contribution is 2.35. The highest BCUT2D eigenvalue weighted by Gasteiger charge is 2.30. The number of rotatable bonds is 7. The van der Waals surface area contributed by atoms with Crippen LogP contribution in [0.1, 0.15) is 28.4 Å². The minimum atomic E-state index is -0.408. The molecule has 1 aliphatic rings. The Morgan fingerprint density at radius 1 is 1.14 bits per heavy atom. The van der Waals surface area contributed by atoms with Gasteiger partial charge in [-0.3, -0.25) is 9.69 Å². The summed E-state index contributed by atoms with van der Waals surface area (Å²) in [6.45, 7) is 2.46. The number of amidine groups is 1. The highest BCUT2D eigenvalue weighted by molar-refractivity contribution is 9.10. The third kappa shape index (κ3) is 6.37. The van der Waals surface area contributed by atoms with E-state index in [1.54, 1.807) is 38.2 Å². The molecule has 0 radical (unpaired) electrons. The molecule has 4 rings (SSSR count). The fourth-order valence-electron chi connectivity index (χ4n) is 3.30. The zero-order valence-corrected chi connectivity index (χ0v) is 22.7. The molecule has 0 unspecified atom stereocenters. The minimum Gasteiger partial charge on any atom is -0.488 e. The summed E-state index contributed by atoms with van der Waals surface area (Å²) in [6, 6.07) is 20.0. The number of ether oxygens (including phenoxy) is 2. The van der Waals surface area contributed by atoms with E-state index in [9.17, 15) is 9.59 Å². The van der Waals surface area contributed by atoms with Crippen molar-refractivity contribution in [3.8, 4) is 5.75 Å². The lowest BCUT2D eigenvalue weighted by Gasteiger charge is -2.09. The molecule has 0 aromatic heterocycles. The monoisotopic (exact) mass is 584 g/mol. The van der Waals surface area contributed by atoms with Gasteiger partial charge in [-0.05, 0) is 94.3 Å². The molecule has 6 nitrogen and oxygen atoms in total. The predicted octanol–water partition coefficient (Wildman–Crippen LogP) is 7.09. The van der Waals surface area contributed by atoms with Crippen LogP contribution in [-0.4, -0.2) is 35.6 Å². The van der Waals surface area contributed by atoms with Gasteiger partial charge in [-0.15, -0.1) is 0 Å². The van der Waals surface area contributed by atoms with Crippen LogP contribution in [0.2, 0.25) is 5.02 Å². The van der Waals surface area contributed by atoms with Gasteiger partial charge in [0, 0.05) is 12.1 Å². The molecule has 36 heavy (non-hydrogen) atoms. The first-order valence-corrected chi connectivity index (χ1v) is 13.0. The number of aliphatic imine (C=N–C) groups is 1. The Morgan fingerprint density at radius 3 is 2.64 bits per heavy atom. The second kappa shape index (κ2) is 11.8. The fourth-order valence-corrected chi connectivity index (χ4v) is 4.92. The summed E-state index contributed by atoms with van der Waals surface area (Å²) in [5, 5.41) is 1.20. The van der Waals surface area contributed by atoms with Gasteiger partial charge in [0.25, 0.3) is 5.91 Å². The number of hydrogen-bond acceptors (Lipinski definition) is 6. The van der Waals surface area contributed by atoms with E-state index in [4.69, 9.17) is 21.1 Å². The minimum absolute atomic E-state index is 0.153. The molecule has 1 saturated heterocycles. The van der Waals surface area contributed by atoms with Crippen LogP contribution >= 0.6 is 39.3 Å². The molecule has 0 atom stereocenters. The van der Waals surface area contributed by atoms with Gasteiger partial charge in [-0.25, -0.2) is 9.79 Å². The summed E-state index contributed by atoms with van der Waals surface area (Å²) in [5.74, 6) is 0.132. The van der Waals surface area contributed by atoms with Gasteiger partial charge in [-0.2, -0.15) is 0 Å². The largest absolute Gasteiger partial charge is 0.488 e. The lowest BCUT2D eigenvalue weighted by atomic mass is 10.2. The molecule has 0 aliphatic carbocycles. The lowest BCUT2D eigenvalue weighted by molar-refractivity contribution is -0.121. The molecule has 3 aromatic rings. The molecule has 0 spiro atoms. The number of esters is 1. The Balaban J connectivity index is 1.48. The number of benzene rings is 3. The topological polar surface area (TPSA) is 68.2 Å². The van der Waals surface area contributed by atoms with E-state index in [2.05, 4.69) is 20.9 Å². The van der Waals surface area contributed by atoms with Gasteiger partial charge in [0.2, 0.25) is 0 Å². The summed E-state index contributed by atoms with van der Waals surface area (Å²) >= 11 is 10.8. The maximum atomic E-state index is 12.8. The third-order valence-electron chi connectivity index (χ3n) is 5.15. The average molecular weight is 586 g/mol. The van der Waals surface area contributed by atoms with Gasteiger partial charge >= 0.3 is 5.97 Å². The Hall–Kier alpha value is -3.07. The smallest absolute Gasteiger partial charge is 0.338 e. The lowest BCUT2D eigenvalue weighted by Crippen LogP contribution is -2.23. The van der Waals surface area contributed by atoms with Crippen LogP contribution in [0.25, 0.3) is 6.08 Å². The van der Waals surface area contributed by atoms with Crippen LogP contribution in [0.15, 0.2) is 81.1 Å². The summed E-state index contributed by atoms with van der Waals surface area (Å²) < 4.78 is 11.7. The van der Waals surface area contributed by atoms with Gasteiger partial charge < -0.3 is 9.47 Å². The molecule has 0 saturated carbocycles. The van der Waals surface area contributed by atoms with Crippen molar-refractivity contribution in [2.45, 2.75) is 13.5 Å². The van der Waals surface area contributed by atoms with Crippen molar-refractivity contribution >= 4 is 68.1 Å². The van der Waals surface area contributed by atoms with E-state index in [-0.39, 0.29) is 5.91 Å². The maximum absolute atomic E-state index is 12.8. The summed E-state index contributed by atoms with van der Waals surface area (Å²) in [5.41, 5.74) is 2.83. The number of nitrogens with zero attached hydrogens (tertiary/aromatic N) is 2. The van der Waals surface area contributed by atoms with Gasteiger partial charge in [-0.1, -0.05) is 35.9 Å². The number of halogens is 2. The quantitative estimate of drug-likeness (QED) is 0.219. The molecule has 1 fully saturated rings. The molecule has 3 aromatic carbocycles. The van der Waals surface area contributed by atoms with Crippen molar-refractivity contribution < 1.29 is 19.1 Å². The number of hydrogen-bond donors (Lipinski definition) is 0. The Labute approximate surface area is 227 Å². The van der Waals surface area contributed by atoms with Crippen LogP contribution < -0.4 is 4.74 Å². The van der Waals surface area contributed by atoms with Crippen molar-refractivity contribution in [3.63, 3.8) is 0 Å². The van der Waals surface area contributed by atoms with E-state index >= 15 is 0 Å². The molecular formula is C27H22BrClN2O4S. The standard InChI is InChI=1S/C27H22BrClN2O4S/c1-3-34-26(33)19-5-4-6-21(15-19)30-27-31(2)25(32)24(36-27)14-18-9-12-23(22(28)13-18)35-16-17-7-10-20(29)11-8-17/h4-15H,3,16H2,1-2H3. The fraction of sp³-hybridized carbons (Fsp3) is 0.148. The number of amides is 1. The molecule has 184 valence electrons. The van der Waals surface area contributed by atoms with Crippen molar-refractivity contribution in [1.82, 2.24) is 4.90 Å². The Bertz CT molecular complexity index is 1360. The Kier molecular flexibility index (Phi) is 8.51. The average Bonchev–Trinajstić information content (AvgIpc) is 3.12. The van der Waals surface area contributed by atoms with E-state index in [0.717, 1.165) is 15.6 Å². The molecular weight excluding hydrogens is 564 g/mol. The third-order valence-corrected chi connectivity index (χ3v) is 7.08. The molecule has 1 heterocycles. The first-order chi connectivity index (χ1) is 17.3. The Morgan fingerprint density at radius 2 is 1.92 bits per heavy atom. The molecule has 1 amide bonds. The van der Waals surface area contributed by atoms with E-state index in [1.807, 2.05) is 48.5 Å². The van der Waals surface area contributed by atoms with Gasteiger partial charge in [0.15, 0.2) is 5.17 Å². The van der Waals surface area contributed by atoms with E-state index in [1.165, 1.54) is 16.7 Å². The number of likely N-dealkylation sites (N-methyl/N-ethyl adjacent to an activating group) is 1. The zero-order valence-electron chi connectivity index (χ0n) is 19.5. The molecule has 1 aliphatic heterocycles. The van der Waals surface area contributed by atoms with Crippen molar-refractivity contribution in [3.05, 3.63) is 97.8 Å². The molecule has 0 N–H and O–H groups in total. The van der Waals surface area contributed by atoms with Crippen molar-refractivity contribution in [2.24, 2.45) is 4.99 Å². The second-order valence-corrected chi connectivity index (χ2v) is 10.0. The van der Waals surface area contributed by atoms with Gasteiger partial charge in [0.1, 0.15) is 12.4 Å². The van der Waals surface area contributed by atoms with Crippen molar-refractivity contribution in [1.29, 1.82) is 0 Å². The van der Waals surface area contributed by atoms with E-state index < -0.39 is 5.97 Å². The predicted molar refractivity (Wildman–Crippen MR) is 148 cm³/mol. The van der Waals surface area contributed by atoms with Crippen LogP contribution in [0, 0.1) is 0 Å². The zero-order chi connectivity index (χ0) is 25.7. The van der Waals surface area contributed by atoms with Crippen LogP contribution in [0.3, 0.4) is 0 Å². The molecule has 0 bridgehead atoms. The number of carbonyl (C=O) groups excluding carboxylic acids is 2. The van der Waals surface area contributed by atoms with Gasteiger partial charge in [0.05, 0.1) is 27.2 Å².